The van der Waals surface area contributed by atoms with Crippen molar-refractivity contribution in [3.05, 3.63) is 34.3 Å². The van der Waals surface area contributed by atoms with E-state index in [9.17, 15) is 0 Å². The summed E-state index contributed by atoms with van der Waals surface area (Å²) in [7, 11) is 0. The number of hydrogen-bond donors (Lipinski definition) is 1. The SMILES string of the molecule is CCN(C1CCCC1)C(c1cccc(Br)c1)C(C)N. The zero-order valence-electron chi connectivity index (χ0n) is 12.0. The summed E-state index contributed by atoms with van der Waals surface area (Å²) in [6, 6.07) is 9.79. The molecule has 2 N–H and O–H groups in total. The van der Waals surface area contributed by atoms with Gasteiger partial charge in [-0.05, 0) is 44.0 Å². The van der Waals surface area contributed by atoms with Crippen molar-refractivity contribution in [2.45, 2.75) is 57.7 Å². The van der Waals surface area contributed by atoms with Gasteiger partial charge in [0, 0.05) is 22.6 Å². The Morgan fingerprint density at radius 1 is 1.37 bits per heavy atom. The molecule has 2 nitrogen and oxygen atoms in total. The Balaban J connectivity index is 2.27. The van der Waals surface area contributed by atoms with Gasteiger partial charge in [-0.2, -0.15) is 0 Å². The van der Waals surface area contributed by atoms with Crippen LogP contribution in [0.15, 0.2) is 28.7 Å². The molecule has 1 aliphatic carbocycles. The molecule has 106 valence electrons. The van der Waals surface area contributed by atoms with Crippen LogP contribution in [0.3, 0.4) is 0 Å². The molecule has 2 atom stereocenters. The Hall–Kier alpha value is -0.380. The van der Waals surface area contributed by atoms with Gasteiger partial charge < -0.3 is 5.73 Å². The van der Waals surface area contributed by atoms with Crippen LogP contribution in [-0.2, 0) is 0 Å². The van der Waals surface area contributed by atoms with Crippen LogP contribution < -0.4 is 5.73 Å². The van der Waals surface area contributed by atoms with E-state index in [2.05, 4.69) is 58.9 Å². The minimum absolute atomic E-state index is 0.148. The summed E-state index contributed by atoms with van der Waals surface area (Å²) in [4.78, 5) is 2.61. The number of nitrogens with zero attached hydrogens (tertiary/aromatic N) is 1. The maximum Gasteiger partial charge on any atom is 0.0499 e. The second-order valence-electron chi connectivity index (χ2n) is 5.63. The number of nitrogens with two attached hydrogens (primary N) is 1. The van der Waals surface area contributed by atoms with Gasteiger partial charge in [0.1, 0.15) is 0 Å². The molecular weight excluding hydrogens is 300 g/mol. The maximum absolute atomic E-state index is 6.31. The summed E-state index contributed by atoms with van der Waals surface area (Å²) in [5, 5.41) is 0. The lowest BCUT2D eigenvalue weighted by atomic mass is 9.97. The fourth-order valence-corrected chi connectivity index (χ4v) is 3.82. The van der Waals surface area contributed by atoms with Crippen molar-refractivity contribution < 1.29 is 0 Å². The first-order valence-corrected chi connectivity index (χ1v) is 8.19. The molecule has 19 heavy (non-hydrogen) atoms. The second-order valence-corrected chi connectivity index (χ2v) is 6.54. The summed E-state index contributed by atoms with van der Waals surface area (Å²) >= 11 is 3.57. The molecule has 3 heteroatoms. The van der Waals surface area contributed by atoms with Crippen molar-refractivity contribution in [3.8, 4) is 0 Å². The Morgan fingerprint density at radius 3 is 2.58 bits per heavy atom. The van der Waals surface area contributed by atoms with Gasteiger partial charge in [-0.25, -0.2) is 0 Å². The van der Waals surface area contributed by atoms with Gasteiger partial charge in [0.2, 0.25) is 0 Å². The third-order valence-corrected chi connectivity index (χ3v) is 4.70. The molecule has 1 saturated carbocycles. The van der Waals surface area contributed by atoms with Crippen LogP contribution >= 0.6 is 15.9 Å². The predicted octanol–water partition coefficient (Wildman–Crippen LogP) is 4.10. The maximum atomic E-state index is 6.31. The van der Waals surface area contributed by atoms with Gasteiger partial charge in [0.25, 0.3) is 0 Å². The number of benzene rings is 1. The lowest BCUT2D eigenvalue weighted by Gasteiger charge is -2.38. The van der Waals surface area contributed by atoms with Gasteiger partial charge in [-0.15, -0.1) is 0 Å². The topological polar surface area (TPSA) is 29.3 Å². The molecule has 0 aromatic heterocycles. The minimum Gasteiger partial charge on any atom is -0.326 e. The van der Waals surface area contributed by atoms with Gasteiger partial charge >= 0.3 is 0 Å². The summed E-state index contributed by atoms with van der Waals surface area (Å²) in [5.41, 5.74) is 7.64. The Bertz CT molecular complexity index is 399. The van der Waals surface area contributed by atoms with E-state index < -0.39 is 0 Å². The molecule has 0 bridgehead atoms. The van der Waals surface area contributed by atoms with Crippen LogP contribution in [0.25, 0.3) is 0 Å². The van der Waals surface area contributed by atoms with E-state index in [1.807, 2.05) is 0 Å². The average Bonchev–Trinajstić information content (AvgIpc) is 2.88. The van der Waals surface area contributed by atoms with E-state index in [4.69, 9.17) is 5.73 Å². The quantitative estimate of drug-likeness (QED) is 0.883. The molecule has 0 heterocycles. The lowest BCUT2D eigenvalue weighted by molar-refractivity contribution is 0.127. The largest absolute Gasteiger partial charge is 0.326 e. The van der Waals surface area contributed by atoms with Crippen LogP contribution in [0, 0.1) is 0 Å². The van der Waals surface area contributed by atoms with Gasteiger partial charge in [0.05, 0.1) is 0 Å². The molecule has 0 radical (unpaired) electrons. The number of likely N-dealkylation sites (N-methyl/N-ethyl adjacent to an activating group) is 1. The van der Waals surface area contributed by atoms with Crippen LogP contribution in [0.5, 0.6) is 0 Å². The summed E-state index contributed by atoms with van der Waals surface area (Å²) in [5.74, 6) is 0. The van der Waals surface area contributed by atoms with Crippen molar-refractivity contribution in [2.75, 3.05) is 6.54 Å². The summed E-state index contributed by atoms with van der Waals surface area (Å²) in [6.45, 7) is 5.46. The Kier molecular flexibility index (Phi) is 5.43. The first-order chi connectivity index (χ1) is 9.13. The third kappa shape index (κ3) is 3.59. The van der Waals surface area contributed by atoms with E-state index in [0.29, 0.717) is 12.1 Å². The predicted molar refractivity (Wildman–Crippen MR) is 85.2 cm³/mol. The van der Waals surface area contributed by atoms with E-state index in [1.54, 1.807) is 0 Å². The van der Waals surface area contributed by atoms with E-state index in [1.165, 1.54) is 31.2 Å². The van der Waals surface area contributed by atoms with E-state index in [-0.39, 0.29) is 6.04 Å². The highest BCUT2D eigenvalue weighted by molar-refractivity contribution is 9.10. The second kappa shape index (κ2) is 6.87. The van der Waals surface area contributed by atoms with E-state index >= 15 is 0 Å². The first-order valence-electron chi connectivity index (χ1n) is 7.40. The number of halogens is 1. The van der Waals surface area contributed by atoms with E-state index in [0.717, 1.165) is 11.0 Å². The van der Waals surface area contributed by atoms with Gasteiger partial charge in [0.15, 0.2) is 0 Å². The van der Waals surface area contributed by atoms with Gasteiger partial charge in [-0.1, -0.05) is 47.8 Å². The molecule has 2 rings (SSSR count). The minimum atomic E-state index is 0.148. The molecule has 1 aromatic carbocycles. The first kappa shape index (κ1) is 15.0. The molecule has 0 spiro atoms. The zero-order valence-corrected chi connectivity index (χ0v) is 13.6. The Morgan fingerprint density at radius 2 is 2.05 bits per heavy atom. The highest BCUT2D eigenvalue weighted by Gasteiger charge is 2.30. The third-order valence-electron chi connectivity index (χ3n) is 4.20. The number of hydrogen-bond acceptors (Lipinski definition) is 2. The molecule has 0 saturated heterocycles. The molecular formula is C16H25BrN2. The van der Waals surface area contributed by atoms with Crippen LogP contribution in [0.4, 0.5) is 0 Å². The fraction of sp³-hybridized carbons (Fsp3) is 0.625. The smallest absolute Gasteiger partial charge is 0.0499 e. The van der Waals surface area contributed by atoms with Gasteiger partial charge in [-0.3, -0.25) is 4.90 Å². The molecule has 1 aromatic rings. The molecule has 0 amide bonds. The lowest BCUT2D eigenvalue weighted by Crippen LogP contribution is -2.44. The van der Waals surface area contributed by atoms with Crippen LogP contribution in [0.2, 0.25) is 0 Å². The molecule has 2 unspecified atom stereocenters. The monoisotopic (exact) mass is 324 g/mol. The highest BCUT2D eigenvalue weighted by Crippen LogP contribution is 2.33. The van der Waals surface area contributed by atoms with Crippen molar-refractivity contribution in [1.82, 2.24) is 4.90 Å². The highest BCUT2D eigenvalue weighted by atomic mass is 79.9. The summed E-state index contributed by atoms with van der Waals surface area (Å²) < 4.78 is 1.14. The van der Waals surface area contributed by atoms with Crippen molar-refractivity contribution in [2.24, 2.45) is 5.73 Å². The molecule has 0 aliphatic heterocycles. The molecule has 1 fully saturated rings. The van der Waals surface area contributed by atoms with Crippen molar-refractivity contribution >= 4 is 15.9 Å². The summed E-state index contributed by atoms with van der Waals surface area (Å²) in [6.07, 6.45) is 5.38. The fourth-order valence-electron chi connectivity index (χ4n) is 3.41. The standard InChI is InChI=1S/C16H25BrN2/c1-3-19(15-9-4-5-10-15)16(12(2)18)13-7-6-8-14(17)11-13/h6-8,11-12,15-16H,3-5,9-10,18H2,1-2H3. The average molecular weight is 325 g/mol. The van der Waals surface area contributed by atoms with Crippen molar-refractivity contribution in [3.63, 3.8) is 0 Å². The Labute approximate surface area is 125 Å². The normalized spacial score (nSPS) is 19.8. The van der Waals surface area contributed by atoms with Crippen molar-refractivity contribution in [1.29, 1.82) is 0 Å². The zero-order chi connectivity index (χ0) is 13.8. The van der Waals surface area contributed by atoms with Crippen LogP contribution in [-0.4, -0.2) is 23.5 Å². The van der Waals surface area contributed by atoms with Crippen LogP contribution in [0.1, 0.15) is 51.1 Å². The molecule has 1 aliphatic rings. The number of rotatable bonds is 5.